The molecule has 214 valence electrons. The predicted molar refractivity (Wildman–Crippen MR) is 151 cm³/mol. The lowest BCUT2D eigenvalue weighted by molar-refractivity contribution is -0.126. The molecule has 0 aliphatic carbocycles. The fourth-order valence-electron chi connectivity index (χ4n) is 4.88. The smallest absolute Gasteiger partial charge is 0.315 e. The highest BCUT2D eigenvalue weighted by molar-refractivity contribution is 8.00. The molecule has 2 heterocycles. The summed E-state index contributed by atoms with van der Waals surface area (Å²) in [7, 11) is 0. The zero-order chi connectivity index (χ0) is 28.2. The van der Waals surface area contributed by atoms with E-state index in [0.29, 0.717) is 49.3 Å². The van der Waals surface area contributed by atoms with Gasteiger partial charge in [0.2, 0.25) is 11.8 Å². The van der Waals surface area contributed by atoms with Crippen LogP contribution < -0.4 is 26.6 Å². The van der Waals surface area contributed by atoms with E-state index in [0.717, 1.165) is 25.0 Å². The number of rotatable bonds is 16. The zero-order valence-corrected chi connectivity index (χ0v) is 23.6. The van der Waals surface area contributed by atoms with Crippen LogP contribution in [0.3, 0.4) is 0 Å². The minimum Gasteiger partial charge on any atom is -0.356 e. The molecule has 2 aliphatic heterocycles. The van der Waals surface area contributed by atoms with Gasteiger partial charge in [0.1, 0.15) is 12.3 Å². The van der Waals surface area contributed by atoms with Crippen LogP contribution in [0.4, 0.5) is 4.79 Å². The molecule has 0 bridgehead atoms. The van der Waals surface area contributed by atoms with Crippen molar-refractivity contribution < 1.29 is 24.0 Å². The van der Waals surface area contributed by atoms with Crippen LogP contribution >= 0.6 is 11.8 Å². The molecule has 11 heteroatoms. The van der Waals surface area contributed by atoms with Crippen LogP contribution in [-0.4, -0.2) is 71.8 Å². The van der Waals surface area contributed by atoms with Crippen molar-refractivity contribution in [3.8, 4) is 0 Å². The summed E-state index contributed by atoms with van der Waals surface area (Å²) in [6.45, 7) is 4.19. The van der Waals surface area contributed by atoms with E-state index in [1.54, 1.807) is 24.3 Å². The van der Waals surface area contributed by atoms with E-state index in [1.807, 2.05) is 31.7 Å². The molecule has 1 aromatic carbocycles. The number of hydrogen-bond acceptors (Lipinski definition) is 6. The first-order valence-corrected chi connectivity index (χ1v) is 14.9. The summed E-state index contributed by atoms with van der Waals surface area (Å²) < 4.78 is 0. The standard InChI is InChI=1S/C28H41N5O5S/c1-18(2)24(32-26(36)19-10-4-3-5-11-19)27(37)30-20(16-34)12-8-9-15-29-23(35)14-7-6-13-22-25-21(17-39-22)31-28(38)33-25/h3-5,10-11,16,18,20-22,24-25H,6-9,12-15,17H2,1-2H3,(H,29,35)(H,30,37)(H,32,36)(H2,31,33,38)/t20-,21-,22-,24-,25-/m0/s1. The summed E-state index contributed by atoms with van der Waals surface area (Å²) >= 11 is 1.88. The summed E-state index contributed by atoms with van der Waals surface area (Å²) in [5.41, 5.74) is 0.465. The molecule has 2 fully saturated rings. The maximum atomic E-state index is 12.8. The van der Waals surface area contributed by atoms with Crippen molar-refractivity contribution in [2.75, 3.05) is 12.3 Å². The Kier molecular flexibility index (Phi) is 12.1. The van der Waals surface area contributed by atoms with Gasteiger partial charge in [-0.1, -0.05) is 38.5 Å². The Morgan fingerprint density at radius 1 is 1.05 bits per heavy atom. The van der Waals surface area contributed by atoms with Gasteiger partial charge < -0.3 is 31.4 Å². The lowest BCUT2D eigenvalue weighted by Gasteiger charge is -2.23. The molecular formula is C28H41N5O5S. The maximum Gasteiger partial charge on any atom is 0.315 e. The Morgan fingerprint density at radius 3 is 2.54 bits per heavy atom. The van der Waals surface area contributed by atoms with Crippen molar-refractivity contribution >= 4 is 41.8 Å². The van der Waals surface area contributed by atoms with Crippen LogP contribution in [0.1, 0.15) is 69.2 Å². The fraction of sp³-hybridized carbons (Fsp3) is 0.607. The van der Waals surface area contributed by atoms with Crippen LogP contribution in [-0.2, 0) is 14.4 Å². The molecule has 10 nitrogen and oxygen atoms in total. The summed E-state index contributed by atoms with van der Waals surface area (Å²) in [6, 6.07) is 7.60. The van der Waals surface area contributed by atoms with Gasteiger partial charge in [-0.15, -0.1) is 0 Å². The second kappa shape index (κ2) is 15.5. The Morgan fingerprint density at radius 2 is 1.82 bits per heavy atom. The van der Waals surface area contributed by atoms with Gasteiger partial charge in [0.05, 0.1) is 18.1 Å². The van der Waals surface area contributed by atoms with Crippen molar-refractivity contribution in [2.24, 2.45) is 5.92 Å². The summed E-state index contributed by atoms with van der Waals surface area (Å²) in [5.74, 6) is 0.0599. The summed E-state index contributed by atoms with van der Waals surface area (Å²) in [5, 5.41) is 14.8. The number of benzene rings is 1. The van der Waals surface area contributed by atoms with E-state index >= 15 is 0 Å². The molecule has 2 aliphatic rings. The number of aldehydes is 1. The second-order valence-corrected chi connectivity index (χ2v) is 11.8. The van der Waals surface area contributed by atoms with Crippen molar-refractivity contribution in [3.05, 3.63) is 35.9 Å². The highest BCUT2D eigenvalue weighted by atomic mass is 32.2. The van der Waals surface area contributed by atoms with Gasteiger partial charge in [-0.25, -0.2) is 4.79 Å². The van der Waals surface area contributed by atoms with E-state index in [9.17, 15) is 24.0 Å². The number of nitrogens with one attached hydrogen (secondary N) is 5. The summed E-state index contributed by atoms with van der Waals surface area (Å²) in [4.78, 5) is 60.5. The Bertz CT molecular complexity index is 992. The molecule has 5 amide bonds. The Balaban J connectivity index is 1.27. The van der Waals surface area contributed by atoms with Crippen molar-refractivity contribution in [2.45, 2.75) is 88.2 Å². The molecular weight excluding hydrogens is 518 g/mol. The maximum absolute atomic E-state index is 12.8. The average Bonchev–Trinajstić information content (AvgIpc) is 3.47. The van der Waals surface area contributed by atoms with Gasteiger partial charge >= 0.3 is 6.03 Å². The third-order valence-electron chi connectivity index (χ3n) is 7.11. The first kappa shape index (κ1) is 30.5. The van der Waals surface area contributed by atoms with Crippen LogP contribution in [0.5, 0.6) is 0 Å². The summed E-state index contributed by atoms with van der Waals surface area (Å²) in [6.07, 6.45) is 5.71. The molecule has 3 rings (SSSR count). The third-order valence-corrected chi connectivity index (χ3v) is 8.62. The fourth-order valence-corrected chi connectivity index (χ4v) is 6.42. The van der Waals surface area contributed by atoms with Gasteiger partial charge in [0.15, 0.2) is 0 Å². The van der Waals surface area contributed by atoms with Gasteiger partial charge in [0, 0.05) is 29.5 Å². The largest absolute Gasteiger partial charge is 0.356 e. The quantitative estimate of drug-likeness (QED) is 0.119. The van der Waals surface area contributed by atoms with Crippen LogP contribution in [0, 0.1) is 5.92 Å². The number of unbranched alkanes of at least 4 members (excludes halogenated alkanes) is 2. The highest BCUT2D eigenvalue weighted by Gasteiger charge is 2.42. The molecule has 1 aromatic rings. The molecule has 0 unspecified atom stereocenters. The molecule has 5 N–H and O–H groups in total. The molecule has 5 atom stereocenters. The minimum absolute atomic E-state index is 0.0111. The van der Waals surface area contributed by atoms with Crippen molar-refractivity contribution in [1.82, 2.24) is 26.6 Å². The number of thioether (sulfide) groups is 1. The van der Waals surface area contributed by atoms with Crippen LogP contribution in [0.15, 0.2) is 30.3 Å². The SMILES string of the molecule is CC(C)[C@H](NC(=O)c1ccccc1)C(=O)N[C@H](C=O)CCCCNC(=O)CCCC[C@@H]1SC[C@@H]2NC(=O)N[C@@H]21. The van der Waals surface area contributed by atoms with E-state index in [2.05, 4.69) is 26.6 Å². The van der Waals surface area contributed by atoms with Crippen molar-refractivity contribution in [3.63, 3.8) is 0 Å². The number of carbonyl (C=O) groups excluding carboxylic acids is 5. The minimum atomic E-state index is -0.762. The van der Waals surface area contributed by atoms with Gasteiger partial charge in [0.25, 0.3) is 5.91 Å². The van der Waals surface area contributed by atoms with Gasteiger partial charge in [-0.3, -0.25) is 14.4 Å². The van der Waals surface area contributed by atoms with E-state index in [4.69, 9.17) is 0 Å². The number of urea groups is 1. The first-order chi connectivity index (χ1) is 18.8. The van der Waals surface area contributed by atoms with Gasteiger partial charge in [-0.05, 0) is 50.2 Å². The third kappa shape index (κ3) is 9.56. The van der Waals surface area contributed by atoms with E-state index < -0.39 is 18.0 Å². The monoisotopic (exact) mass is 559 g/mol. The number of carbonyl (C=O) groups is 5. The number of amides is 5. The normalized spacial score (nSPS) is 21.3. The molecule has 0 aromatic heterocycles. The zero-order valence-electron chi connectivity index (χ0n) is 22.7. The molecule has 0 spiro atoms. The molecule has 2 saturated heterocycles. The Hall–Kier alpha value is -3.08. The van der Waals surface area contributed by atoms with E-state index in [1.165, 1.54) is 0 Å². The molecule has 39 heavy (non-hydrogen) atoms. The predicted octanol–water partition coefficient (Wildman–Crippen LogP) is 2.14. The average molecular weight is 560 g/mol. The van der Waals surface area contributed by atoms with Gasteiger partial charge in [-0.2, -0.15) is 11.8 Å². The number of fused-ring (bicyclic) bond motifs is 1. The highest BCUT2D eigenvalue weighted by Crippen LogP contribution is 2.33. The van der Waals surface area contributed by atoms with Crippen LogP contribution in [0.2, 0.25) is 0 Å². The Labute approximate surface area is 234 Å². The lowest BCUT2D eigenvalue weighted by atomic mass is 10.0. The number of hydrogen-bond donors (Lipinski definition) is 5. The topological polar surface area (TPSA) is 146 Å². The molecule has 0 radical (unpaired) electrons. The second-order valence-electron chi connectivity index (χ2n) is 10.5. The first-order valence-electron chi connectivity index (χ1n) is 13.9. The van der Waals surface area contributed by atoms with Crippen LogP contribution in [0.25, 0.3) is 0 Å². The van der Waals surface area contributed by atoms with E-state index in [-0.39, 0.29) is 35.8 Å². The van der Waals surface area contributed by atoms with Crippen molar-refractivity contribution in [1.29, 1.82) is 0 Å². The lowest BCUT2D eigenvalue weighted by Crippen LogP contribution is -2.52. The molecule has 0 saturated carbocycles.